The van der Waals surface area contributed by atoms with Gasteiger partial charge in [0.15, 0.2) is 11.6 Å². The summed E-state index contributed by atoms with van der Waals surface area (Å²) in [6.45, 7) is 0.639. The van der Waals surface area contributed by atoms with E-state index < -0.39 is 0 Å². The van der Waals surface area contributed by atoms with Crippen LogP contribution in [0.15, 0.2) is 47.8 Å². The zero-order valence-electron chi connectivity index (χ0n) is 11.1. The minimum atomic E-state index is 0.421. The van der Waals surface area contributed by atoms with E-state index in [0.717, 1.165) is 11.4 Å². The fraction of sp³-hybridized carbons (Fsp3) is 0.154. The second-order valence-electron chi connectivity index (χ2n) is 4.27. The Bertz CT molecular complexity index is 713. The number of aromatic nitrogens is 6. The monoisotopic (exact) mass is 299 g/mol. The topological polar surface area (TPSA) is 95.4 Å². The number of rotatable bonds is 5. The molecule has 0 aliphatic heterocycles. The number of thioether (sulfide) groups is 1. The van der Waals surface area contributed by atoms with Gasteiger partial charge < -0.3 is 5.73 Å². The van der Waals surface area contributed by atoms with Gasteiger partial charge in [-0.15, -0.1) is 5.10 Å². The maximum Gasteiger partial charge on any atom is 0.161 e. The molecule has 0 saturated carbocycles. The van der Waals surface area contributed by atoms with Crippen LogP contribution in [0.25, 0.3) is 0 Å². The first-order chi connectivity index (χ1) is 10.3. The van der Waals surface area contributed by atoms with Crippen LogP contribution in [-0.2, 0) is 12.3 Å². The number of anilines is 1. The first-order valence-electron chi connectivity index (χ1n) is 6.31. The van der Waals surface area contributed by atoms with Crippen molar-refractivity contribution in [1.82, 2.24) is 30.2 Å². The Morgan fingerprint density at radius 2 is 1.90 bits per heavy atom. The molecule has 0 saturated heterocycles. The summed E-state index contributed by atoms with van der Waals surface area (Å²) in [6, 6.07) is 10.1. The minimum Gasteiger partial charge on any atom is -0.381 e. The fourth-order valence-corrected chi connectivity index (χ4v) is 2.59. The standard InChI is InChI=1S/C13H13N7S/c14-12-13(16-7-6-15-12)21-9-11-17-18-19-20(11)8-10-4-2-1-3-5-10/h1-7H,8-9H2,(H2,14,15). The van der Waals surface area contributed by atoms with Gasteiger partial charge in [-0.05, 0) is 16.0 Å². The lowest BCUT2D eigenvalue weighted by Crippen LogP contribution is -2.06. The van der Waals surface area contributed by atoms with E-state index in [2.05, 4.69) is 25.5 Å². The second-order valence-corrected chi connectivity index (χ2v) is 5.24. The van der Waals surface area contributed by atoms with E-state index >= 15 is 0 Å². The zero-order valence-corrected chi connectivity index (χ0v) is 11.9. The van der Waals surface area contributed by atoms with Crippen molar-refractivity contribution in [2.24, 2.45) is 0 Å². The molecule has 2 aromatic heterocycles. The van der Waals surface area contributed by atoms with Crippen molar-refractivity contribution in [2.75, 3.05) is 5.73 Å². The quantitative estimate of drug-likeness (QED) is 0.711. The third-order valence-corrected chi connectivity index (χ3v) is 3.80. The predicted octanol–water partition coefficient (Wildman–Crippen LogP) is 1.39. The molecule has 3 aromatic rings. The Morgan fingerprint density at radius 1 is 1.10 bits per heavy atom. The number of hydrogen-bond acceptors (Lipinski definition) is 7. The normalized spacial score (nSPS) is 10.7. The van der Waals surface area contributed by atoms with Gasteiger partial charge >= 0.3 is 0 Å². The molecule has 106 valence electrons. The van der Waals surface area contributed by atoms with Crippen LogP contribution in [0.2, 0.25) is 0 Å². The average Bonchev–Trinajstić information content (AvgIpc) is 2.95. The van der Waals surface area contributed by atoms with Crippen molar-refractivity contribution in [1.29, 1.82) is 0 Å². The van der Waals surface area contributed by atoms with E-state index in [4.69, 9.17) is 5.73 Å². The third kappa shape index (κ3) is 3.34. The Morgan fingerprint density at radius 3 is 2.71 bits per heavy atom. The van der Waals surface area contributed by atoms with Crippen LogP contribution in [0.4, 0.5) is 5.82 Å². The predicted molar refractivity (Wildman–Crippen MR) is 79.4 cm³/mol. The minimum absolute atomic E-state index is 0.421. The summed E-state index contributed by atoms with van der Waals surface area (Å²) in [6.07, 6.45) is 3.19. The van der Waals surface area contributed by atoms with Gasteiger partial charge in [0.1, 0.15) is 5.03 Å². The second kappa shape index (κ2) is 6.31. The van der Waals surface area contributed by atoms with Crippen LogP contribution in [-0.4, -0.2) is 30.2 Å². The smallest absolute Gasteiger partial charge is 0.161 e. The Labute approximate surface area is 125 Å². The molecular formula is C13H13N7S. The maximum absolute atomic E-state index is 5.77. The molecule has 0 unspecified atom stereocenters. The molecule has 8 heteroatoms. The highest BCUT2D eigenvalue weighted by Gasteiger charge is 2.09. The Hall–Kier alpha value is -2.48. The lowest BCUT2D eigenvalue weighted by Gasteiger charge is -2.05. The van der Waals surface area contributed by atoms with Crippen molar-refractivity contribution in [3.63, 3.8) is 0 Å². The summed E-state index contributed by atoms with van der Waals surface area (Å²) < 4.78 is 1.77. The summed E-state index contributed by atoms with van der Waals surface area (Å²) in [7, 11) is 0. The lowest BCUT2D eigenvalue weighted by atomic mass is 10.2. The SMILES string of the molecule is Nc1nccnc1SCc1nnnn1Cc1ccccc1. The van der Waals surface area contributed by atoms with Gasteiger partial charge in [-0.3, -0.25) is 0 Å². The number of hydrogen-bond donors (Lipinski definition) is 1. The average molecular weight is 299 g/mol. The summed E-state index contributed by atoms with van der Waals surface area (Å²) in [5.41, 5.74) is 6.92. The first kappa shape index (κ1) is 13.5. The van der Waals surface area contributed by atoms with Crippen molar-refractivity contribution in [2.45, 2.75) is 17.3 Å². The molecule has 2 heterocycles. The molecule has 0 amide bonds. The van der Waals surface area contributed by atoms with E-state index in [1.807, 2.05) is 30.3 Å². The fourth-order valence-electron chi connectivity index (χ4n) is 1.79. The summed E-state index contributed by atoms with van der Waals surface area (Å²) in [5, 5.41) is 12.5. The van der Waals surface area contributed by atoms with E-state index in [9.17, 15) is 0 Å². The highest BCUT2D eigenvalue weighted by atomic mass is 32.2. The van der Waals surface area contributed by atoms with Crippen LogP contribution in [0.5, 0.6) is 0 Å². The van der Waals surface area contributed by atoms with Gasteiger partial charge in [0, 0.05) is 12.4 Å². The van der Waals surface area contributed by atoms with E-state index in [1.54, 1.807) is 17.1 Å². The highest BCUT2D eigenvalue weighted by Crippen LogP contribution is 2.23. The number of benzene rings is 1. The van der Waals surface area contributed by atoms with E-state index in [0.29, 0.717) is 23.1 Å². The van der Waals surface area contributed by atoms with Gasteiger partial charge in [-0.25, -0.2) is 14.6 Å². The molecule has 7 nitrogen and oxygen atoms in total. The first-order valence-corrected chi connectivity index (χ1v) is 7.30. The van der Waals surface area contributed by atoms with E-state index in [-0.39, 0.29) is 0 Å². The molecule has 0 bridgehead atoms. The molecule has 0 fully saturated rings. The number of tetrazole rings is 1. The Balaban J connectivity index is 1.70. The highest BCUT2D eigenvalue weighted by molar-refractivity contribution is 7.98. The van der Waals surface area contributed by atoms with Crippen molar-refractivity contribution in [3.05, 3.63) is 54.1 Å². The van der Waals surface area contributed by atoms with Crippen LogP contribution >= 0.6 is 11.8 Å². The molecule has 21 heavy (non-hydrogen) atoms. The molecule has 3 rings (SSSR count). The van der Waals surface area contributed by atoms with Crippen molar-refractivity contribution < 1.29 is 0 Å². The zero-order chi connectivity index (χ0) is 14.5. The van der Waals surface area contributed by atoms with Crippen LogP contribution in [0, 0.1) is 0 Å². The number of nitrogens with zero attached hydrogens (tertiary/aromatic N) is 6. The molecule has 1 aromatic carbocycles. The number of nitrogens with two attached hydrogens (primary N) is 1. The largest absolute Gasteiger partial charge is 0.381 e. The van der Waals surface area contributed by atoms with Gasteiger partial charge in [-0.1, -0.05) is 42.1 Å². The molecule has 0 aliphatic rings. The summed E-state index contributed by atoms with van der Waals surface area (Å²) in [4.78, 5) is 8.19. The molecule has 0 aliphatic carbocycles. The van der Waals surface area contributed by atoms with Gasteiger partial charge in [-0.2, -0.15) is 0 Å². The van der Waals surface area contributed by atoms with Gasteiger partial charge in [0.05, 0.1) is 12.3 Å². The Kier molecular flexibility index (Phi) is 4.06. The maximum atomic E-state index is 5.77. The summed E-state index contributed by atoms with van der Waals surface area (Å²) in [5.74, 6) is 1.78. The van der Waals surface area contributed by atoms with Crippen molar-refractivity contribution >= 4 is 17.6 Å². The lowest BCUT2D eigenvalue weighted by molar-refractivity contribution is 0.631. The van der Waals surface area contributed by atoms with Gasteiger partial charge in [0.25, 0.3) is 0 Å². The molecule has 0 atom stereocenters. The van der Waals surface area contributed by atoms with Gasteiger partial charge in [0.2, 0.25) is 0 Å². The van der Waals surface area contributed by atoms with Crippen LogP contribution < -0.4 is 5.73 Å². The third-order valence-electron chi connectivity index (χ3n) is 2.81. The molecule has 2 N–H and O–H groups in total. The van der Waals surface area contributed by atoms with Crippen molar-refractivity contribution in [3.8, 4) is 0 Å². The molecular weight excluding hydrogens is 286 g/mol. The molecule has 0 radical (unpaired) electrons. The van der Waals surface area contributed by atoms with Crippen LogP contribution in [0.3, 0.4) is 0 Å². The number of nitrogen functional groups attached to an aromatic ring is 1. The molecule has 0 spiro atoms. The van der Waals surface area contributed by atoms with E-state index in [1.165, 1.54) is 11.8 Å². The van der Waals surface area contributed by atoms with Crippen LogP contribution in [0.1, 0.15) is 11.4 Å². The summed E-state index contributed by atoms with van der Waals surface area (Å²) >= 11 is 1.47.